The zero-order valence-corrected chi connectivity index (χ0v) is 17.6. The molecule has 2 heterocycles. The third-order valence-corrected chi connectivity index (χ3v) is 5.80. The molecule has 2 atom stereocenters. The molecule has 1 aromatic carbocycles. The van der Waals surface area contributed by atoms with Gasteiger partial charge in [0.15, 0.2) is 11.5 Å². The van der Waals surface area contributed by atoms with E-state index in [1.165, 1.54) is 4.68 Å². The summed E-state index contributed by atoms with van der Waals surface area (Å²) in [6.07, 6.45) is 4.74. The Hall–Kier alpha value is -3.73. The number of nitriles is 1. The molecule has 1 amide bonds. The molecule has 8 nitrogen and oxygen atoms in total. The second kappa shape index (κ2) is 8.56. The molecule has 0 aliphatic heterocycles. The summed E-state index contributed by atoms with van der Waals surface area (Å²) in [6, 6.07) is 11.3. The molecule has 1 aliphatic carbocycles. The molecule has 0 unspecified atom stereocenters. The molecule has 1 aliphatic rings. The van der Waals surface area contributed by atoms with Crippen LogP contribution >= 0.6 is 0 Å². The topological polar surface area (TPSA) is 116 Å². The van der Waals surface area contributed by atoms with E-state index in [1.807, 2.05) is 31.2 Å². The first-order chi connectivity index (χ1) is 15.0. The molecule has 2 N–H and O–H groups in total. The minimum atomic E-state index is -0.429. The van der Waals surface area contributed by atoms with E-state index in [9.17, 15) is 14.9 Å². The fraction of sp³-hybridized carbons (Fsp3) is 0.348. The Morgan fingerprint density at radius 1 is 1.19 bits per heavy atom. The van der Waals surface area contributed by atoms with Crippen molar-refractivity contribution < 1.29 is 9.59 Å². The van der Waals surface area contributed by atoms with Gasteiger partial charge in [-0.1, -0.05) is 37.1 Å². The first-order valence-corrected chi connectivity index (χ1v) is 10.4. The Morgan fingerprint density at radius 2 is 1.90 bits per heavy atom. The largest absolute Gasteiger partial charge is 0.322 e. The van der Waals surface area contributed by atoms with E-state index in [0.29, 0.717) is 24.1 Å². The lowest BCUT2D eigenvalue weighted by Crippen LogP contribution is -2.36. The van der Waals surface area contributed by atoms with E-state index in [1.54, 1.807) is 25.4 Å². The van der Waals surface area contributed by atoms with Crippen molar-refractivity contribution in [2.75, 3.05) is 5.32 Å². The number of aryl methyl sites for hydroxylation is 2. The summed E-state index contributed by atoms with van der Waals surface area (Å²) in [5.41, 5.74) is 3.87. The number of nitrogens with one attached hydrogen (secondary N) is 2. The van der Waals surface area contributed by atoms with Gasteiger partial charge in [0, 0.05) is 41.9 Å². The van der Waals surface area contributed by atoms with Crippen LogP contribution in [0, 0.1) is 30.1 Å². The summed E-state index contributed by atoms with van der Waals surface area (Å²) in [5.74, 6) is -1.06. The lowest BCUT2D eigenvalue weighted by molar-refractivity contribution is -0.122. The first kappa shape index (κ1) is 20.5. The predicted octanol–water partition coefficient (Wildman–Crippen LogP) is 3.62. The SMILES string of the molecule is Cc1cc(-c2ccc(C(=O)[C@H]3CCCC[C@@H]3C(=O)Nc3cn(C)nc3C#N)cc2)n[nH]1. The van der Waals surface area contributed by atoms with E-state index >= 15 is 0 Å². The molecule has 0 saturated heterocycles. The molecule has 31 heavy (non-hydrogen) atoms. The fourth-order valence-corrected chi connectivity index (χ4v) is 4.23. The van der Waals surface area contributed by atoms with Crippen LogP contribution < -0.4 is 5.32 Å². The standard InChI is InChI=1S/C23H24N6O2/c1-14-11-19(27-26-14)15-7-9-16(10-8-15)22(30)17-5-3-4-6-18(17)23(31)25-21-13-29(2)28-20(21)12-24/h7-11,13,17-18H,3-6H2,1-2H3,(H,25,31)(H,26,27)/t17-,18-/m0/s1. The molecule has 0 bridgehead atoms. The Balaban J connectivity index is 1.52. The molecule has 1 saturated carbocycles. The lowest BCUT2D eigenvalue weighted by Gasteiger charge is -2.29. The highest BCUT2D eigenvalue weighted by molar-refractivity contribution is 6.03. The van der Waals surface area contributed by atoms with Crippen LogP contribution in [0.4, 0.5) is 5.69 Å². The molecular formula is C23H24N6O2. The molecule has 158 valence electrons. The van der Waals surface area contributed by atoms with Crippen molar-refractivity contribution in [1.82, 2.24) is 20.0 Å². The Bertz CT molecular complexity index is 1150. The lowest BCUT2D eigenvalue weighted by atomic mass is 9.75. The number of nitrogens with zero attached hydrogens (tertiary/aromatic N) is 4. The van der Waals surface area contributed by atoms with Gasteiger partial charge in [-0.3, -0.25) is 19.4 Å². The zero-order chi connectivity index (χ0) is 22.0. The number of rotatable bonds is 5. The number of hydrogen-bond acceptors (Lipinski definition) is 5. The normalized spacial score (nSPS) is 18.4. The quantitative estimate of drug-likeness (QED) is 0.616. The number of aromatic nitrogens is 4. The highest BCUT2D eigenvalue weighted by atomic mass is 16.2. The average Bonchev–Trinajstić information content (AvgIpc) is 3.38. The molecule has 3 aromatic rings. The second-order valence-electron chi connectivity index (χ2n) is 8.04. The number of hydrogen-bond donors (Lipinski definition) is 2. The number of carbonyl (C=O) groups is 2. The summed E-state index contributed by atoms with van der Waals surface area (Å²) in [6.45, 7) is 1.94. The number of anilines is 1. The van der Waals surface area contributed by atoms with Crippen molar-refractivity contribution in [2.45, 2.75) is 32.6 Å². The van der Waals surface area contributed by atoms with Gasteiger partial charge in [0.25, 0.3) is 0 Å². The molecule has 2 aromatic heterocycles. The van der Waals surface area contributed by atoms with Gasteiger partial charge in [0.1, 0.15) is 6.07 Å². The average molecular weight is 416 g/mol. The van der Waals surface area contributed by atoms with Gasteiger partial charge in [0.05, 0.1) is 11.4 Å². The minimum Gasteiger partial charge on any atom is -0.322 e. The number of benzene rings is 1. The van der Waals surface area contributed by atoms with Crippen molar-refractivity contribution in [3.63, 3.8) is 0 Å². The van der Waals surface area contributed by atoms with Gasteiger partial charge < -0.3 is 5.32 Å². The zero-order valence-electron chi connectivity index (χ0n) is 17.6. The van der Waals surface area contributed by atoms with Crippen molar-refractivity contribution in [1.29, 1.82) is 5.26 Å². The van der Waals surface area contributed by atoms with E-state index in [4.69, 9.17) is 0 Å². The van der Waals surface area contributed by atoms with Crippen LogP contribution in [-0.2, 0) is 11.8 Å². The maximum atomic E-state index is 13.3. The number of ketones is 1. The van der Waals surface area contributed by atoms with Crippen LogP contribution in [0.3, 0.4) is 0 Å². The Labute approximate surface area is 180 Å². The third kappa shape index (κ3) is 4.26. The van der Waals surface area contributed by atoms with Crippen LogP contribution in [0.5, 0.6) is 0 Å². The number of amides is 1. The first-order valence-electron chi connectivity index (χ1n) is 10.4. The summed E-state index contributed by atoms with van der Waals surface area (Å²) in [5, 5.41) is 23.2. The monoisotopic (exact) mass is 416 g/mol. The molecule has 1 fully saturated rings. The third-order valence-electron chi connectivity index (χ3n) is 5.80. The molecular weight excluding hydrogens is 392 g/mol. The van der Waals surface area contributed by atoms with Gasteiger partial charge in [-0.2, -0.15) is 15.5 Å². The van der Waals surface area contributed by atoms with Crippen molar-refractivity contribution >= 4 is 17.4 Å². The van der Waals surface area contributed by atoms with Crippen LogP contribution in [-0.4, -0.2) is 31.7 Å². The molecule has 4 rings (SSSR count). The molecule has 0 radical (unpaired) electrons. The summed E-state index contributed by atoms with van der Waals surface area (Å²) >= 11 is 0. The van der Waals surface area contributed by atoms with Crippen molar-refractivity contribution in [3.8, 4) is 17.3 Å². The summed E-state index contributed by atoms with van der Waals surface area (Å²) in [4.78, 5) is 26.3. The minimum absolute atomic E-state index is 0.0173. The van der Waals surface area contributed by atoms with Crippen molar-refractivity contribution in [2.24, 2.45) is 18.9 Å². The Morgan fingerprint density at radius 3 is 2.55 bits per heavy atom. The highest BCUT2D eigenvalue weighted by Crippen LogP contribution is 2.34. The predicted molar refractivity (Wildman–Crippen MR) is 115 cm³/mol. The summed E-state index contributed by atoms with van der Waals surface area (Å²) in [7, 11) is 1.69. The van der Waals surface area contributed by atoms with E-state index < -0.39 is 5.92 Å². The maximum Gasteiger partial charge on any atom is 0.228 e. The van der Waals surface area contributed by atoms with Gasteiger partial charge in [-0.15, -0.1) is 0 Å². The molecule has 0 spiro atoms. The van der Waals surface area contributed by atoms with E-state index in [0.717, 1.165) is 29.8 Å². The van der Waals surface area contributed by atoms with Crippen molar-refractivity contribution in [3.05, 3.63) is 53.5 Å². The smallest absolute Gasteiger partial charge is 0.228 e. The van der Waals surface area contributed by atoms with Crippen LogP contribution in [0.2, 0.25) is 0 Å². The number of H-pyrrole nitrogens is 1. The van der Waals surface area contributed by atoms with Gasteiger partial charge >= 0.3 is 0 Å². The second-order valence-corrected chi connectivity index (χ2v) is 8.04. The van der Waals surface area contributed by atoms with E-state index in [2.05, 4.69) is 20.6 Å². The molecule has 8 heteroatoms. The van der Waals surface area contributed by atoms with Gasteiger partial charge in [-0.05, 0) is 25.8 Å². The Kier molecular flexibility index (Phi) is 5.67. The van der Waals surface area contributed by atoms with Crippen LogP contribution in [0.1, 0.15) is 47.4 Å². The summed E-state index contributed by atoms with van der Waals surface area (Å²) < 4.78 is 1.49. The highest BCUT2D eigenvalue weighted by Gasteiger charge is 2.36. The fourth-order valence-electron chi connectivity index (χ4n) is 4.23. The maximum absolute atomic E-state index is 13.3. The number of carbonyl (C=O) groups excluding carboxylic acids is 2. The number of aromatic amines is 1. The van der Waals surface area contributed by atoms with Gasteiger partial charge in [0.2, 0.25) is 5.91 Å². The van der Waals surface area contributed by atoms with Crippen LogP contribution in [0.15, 0.2) is 36.5 Å². The van der Waals surface area contributed by atoms with Gasteiger partial charge in [-0.25, -0.2) is 0 Å². The van der Waals surface area contributed by atoms with E-state index in [-0.39, 0.29) is 23.3 Å². The number of Topliss-reactive ketones (excluding diaryl/α,β-unsaturated/α-hetero) is 1. The van der Waals surface area contributed by atoms with Crippen LogP contribution in [0.25, 0.3) is 11.3 Å².